The minimum atomic E-state index is -1.37. The first-order valence-corrected chi connectivity index (χ1v) is 13.1. The largest absolute Gasteiger partial charge is 0.394 e. The Morgan fingerprint density at radius 1 is 1.00 bits per heavy atom. The first-order chi connectivity index (χ1) is 18.4. The topological polar surface area (TPSA) is 90.4 Å². The second kappa shape index (κ2) is 9.38. The van der Waals surface area contributed by atoms with Crippen molar-refractivity contribution in [2.24, 2.45) is 11.8 Å². The number of carbonyl (C=O) groups is 3. The summed E-state index contributed by atoms with van der Waals surface area (Å²) >= 11 is 6.10. The number of hydrogen-bond donors (Lipinski definition) is 1. The van der Waals surface area contributed by atoms with E-state index in [1.54, 1.807) is 47.2 Å². The molecule has 4 aliphatic heterocycles. The summed E-state index contributed by atoms with van der Waals surface area (Å²) in [5, 5.41) is 11.1. The third-order valence-electron chi connectivity index (χ3n) is 8.13. The molecule has 4 heterocycles. The van der Waals surface area contributed by atoms with Gasteiger partial charge in [0.1, 0.15) is 11.6 Å². The lowest BCUT2D eigenvalue weighted by atomic mass is 9.77. The summed E-state index contributed by atoms with van der Waals surface area (Å²) in [5.74, 6) is -2.62. The molecule has 1 unspecified atom stereocenters. The number of aliphatic hydroxyl groups excluding tert-OH is 1. The van der Waals surface area contributed by atoms with E-state index < -0.39 is 42.2 Å². The van der Waals surface area contributed by atoms with Gasteiger partial charge in [0.15, 0.2) is 0 Å². The fourth-order valence-corrected chi connectivity index (χ4v) is 6.55. The van der Waals surface area contributed by atoms with Crippen LogP contribution in [0.2, 0.25) is 5.02 Å². The average molecular weight is 534 g/mol. The highest BCUT2D eigenvalue weighted by Crippen LogP contribution is 2.55. The van der Waals surface area contributed by atoms with Crippen molar-refractivity contribution in [1.82, 2.24) is 9.80 Å². The Hall–Kier alpha value is -3.46. The minimum absolute atomic E-state index is 0.198. The molecule has 9 heteroatoms. The van der Waals surface area contributed by atoms with Crippen LogP contribution in [0.25, 0.3) is 0 Å². The highest BCUT2D eigenvalue weighted by atomic mass is 35.5. The summed E-state index contributed by atoms with van der Waals surface area (Å²) in [7, 11) is 1.70. The van der Waals surface area contributed by atoms with Crippen molar-refractivity contribution < 1.29 is 24.2 Å². The average Bonchev–Trinajstić information content (AvgIpc) is 3.25. The fraction of sp³-hybridized carbons (Fsp3) is 0.345. The van der Waals surface area contributed by atoms with Crippen molar-refractivity contribution in [3.63, 3.8) is 0 Å². The van der Waals surface area contributed by atoms with E-state index >= 15 is 0 Å². The van der Waals surface area contributed by atoms with Gasteiger partial charge < -0.3 is 24.5 Å². The first kappa shape index (κ1) is 24.9. The molecule has 0 aromatic heterocycles. The Labute approximate surface area is 225 Å². The molecule has 2 aromatic rings. The predicted molar refractivity (Wildman–Crippen MR) is 141 cm³/mol. The third-order valence-corrected chi connectivity index (χ3v) is 8.38. The Balaban J connectivity index is 1.52. The number of rotatable bonds is 4. The van der Waals surface area contributed by atoms with Crippen molar-refractivity contribution in [2.75, 3.05) is 31.6 Å². The molecule has 0 saturated carbocycles. The second-order valence-corrected chi connectivity index (χ2v) is 10.6. The van der Waals surface area contributed by atoms with Crippen molar-refractivity contribution in [1.29, 1.82) is 0 Å². The number of anilines is 1. The summed E-state index contributed by atoms with van der Waals surface area (Å²) in [6, 6.07) is 14.2. The number of fused-ring (bicyclic) bond motifs is 2. The maximum absolute atomic E-state index is 14.5. The Morgan fingerprint density at radius 2 is 1.74 bits per heavy atom. The number of amides is 3. The number of benzene rings is 2. The van der Waals surface area contributed by atoms with Gasteiger partial charge in [-0.2, -0.15) is 0 Å². The van der Waals surface area contributed by atoms with E-state index in [1.165, 1.54) is 4.90 Å². The van der Waals surface area contributed by atoms with Crippen LogP contribution in [0.3, 0.4) is 0 Å². The minimum Gasteiger partial charge on any atom is -0.394 e. The van der Waals surface area contributed by atoms with Gasteiger partial charge >= 0.3 is 0 Å². The van der Waals surface area contributed by atoms with Crippen LogP contribution in [0, 0.1) is 11.8 Å². The molecule has 0 radical (unpaired) electrons. The summed E-state index contributed by atoms with van der Waals surface area (Å²) in [5.41, 5.74) is -0.0520. The van der Waals surface area contributed by atoms with Crippen LogP contribution in [-0.4, -0.2) is 77.1 Å². The van der Waals surface area contributed by atoms with E-state index in [0.29, 0.717) is 22.8 Å². The fourth-order valence-electron chi connectivity index (χ4n) is 6.42. The van der Waals surface area contributed by atoms with Crippen LogP contribution in [-0.2, 0) is 19.1 Å². The zero-order chi connectivity index (χ0) is 26.6. The molecule has 1 N–H and O–H groups in total. The number of likely N-dealkylation sites (N-methyl/N-ethyl adjacent to an activating group) is 1. The zero-order valence-corrected chi connectivity index (χ0v) is 21.6. The number of ether oxygens (including phenoxy) is 1. The van der Waals surface area contributed by atoms with Gasteiger partial charge in [0, 0.05) is 30.8 Å². The molecular weight excluding hydrogens is 506 g/mol. The highest BCUT2D eigenvalue weighted by Gasteiger charge is 2.72. The maximum Gasteiger partial charge on any atom is 0.253 e. The zero-order valence-electron chi connectivity index (χ0n) is 20.8. The van der Waals surface area contributed by atoms with Crippen LogP contribution in [0.15, 0.2) is 78.9 Å². The molecule has 2 saturated heterocycles. The van der Waals surface area contributed by atoms with Crippen molar-refractivity contribution in [2.45, 2.75) is 23.8 Å². The van der Waals surface area contributed by atoms with Crippen LogP contribution in [0.5, 0.6) is 0 Å². The van der Waals surface area contributed by atoms with Crippen LogP contribution >= 0.6 is 11.6 Å². The normalized spacial score (nSPS) is 31.1. The number of likely N-dealkylation sites (tertiary alicyclic amines) is 1. The molecule has 6 atom stereocenters. The maximum atomic E-state index is 14.5. The third kappa shape index (κ3) is 3.62. The Bertz CT molecular complexity index is 1330. The lowest BCUT2D eigenvalue weighted by molar-refractivity contribution is -0.146. The van der Waals surface area contributed by atoms with Crippen LogP contribution in [0.1, 0.15) is 11.6 Å². The number of aliphatic hydroxyl groups is 1. The monoisotopic (exact) mass is 533 g/mol. The van der Waals surface area contributed by atoms with E-state index in [9.17, 15) is 19.5 Å². The molecule has 3 amide bonds. The molecule has 0 bridgehead atoms. The second-order valence-electron chi connectivity index (χ2n) is 10.2. The van der Waals surface area contributed by atoms with Gasteiger partial charge in [-0.15, -0.1) is 0 Å². The van der Waals surface area contributed by atoms with Gasteiger partial charge in [-0.05, 0) is 29.8 Å². The van der Waals surface area contributed by atoms with E-state index in [4.69, 9.17) is 16.3 Å². The van der Waals surface area contributed by atoms with Gasteiger partial charge in [0.05, 0.1) is 30.6 Å². The summed E-state index contributed by atoms with van der Waals surface area (Å²) in [6.07, 6.45) is 6.67. The SMILES string of the molecule is CN1CC=C[C@H]2O[C@]34C=CCN(c5ccc(Cl)cc5)C(=O)C3N([C@H](CO)c3ccccc3)C(=O)[C@@H]4[C@H]2C1=O. The molecule has 1 spiro atoms. The lowest BCUT2D eigenvalue weighted by Gasteiger charge is -2.38. The molecule has 2 fully saturated rings. The summed E-state index contributed by atoms with van der Waals surface area (Å²) in [4.78, 5) is 47.0. The van der Waals surface area contributed by atoms with Crippen LogP contribution < -0.4 is 4.90 Å². The first-order valence-electron chi connectivity index (χ1n) is 12.7. The number of hydrogen-bond acceptors (Lipinski definition) is 5. The molecular formula is C29H28ClN3O5. The van der Waals surface area contributed by atoms with Crippen molar-refractivity contribution in [3.05, 3.63) is 89.5 Å². The summed E-state index contributed by atoms with van der Waals surface area (Å²) < 4.78 is 6.63. The van der Waals surface area contributed by atoms with Gasteiger partial charge in [-0.3, -0.25) is 14.4 Å². The Kier molecular flexibility index (Phi) is 6.13. The molecule has 4 aliphatic rings. The number of carbonyl (C=O) groups excluding carboxylic acids is 3. The van der Waals surface area contributed by atoms with Gasteiger partial charge in [-0.1, -0.05) is 66.2 Å². The van der Waals surface area contributed by atoms with Crippen LogP contribution in [0.4, 0.5) is 5.69 Å². The quantitative estimate of drug-likeness (QED) is 0.610. The van der Waals surface area contributed by atoms with Crippen molar-refractivity contribution in [3.8, 4) is 0 Å². The molecule has 0 aliphatic carbocycles. The molecule has 196 valence electrons. The molecule has 2 aromatic carbocycles. The molecule has 6 rings (SSSR count). The molecule has 8 nitrogen and oxygen atoms in total. The summed E-state index contributed by atoms with van der Waals surface area (Å²) in [6.45, 7) is 0.276. The van der Waals surface area contributed by atoms with Gasteiger partial charge in [0.25, 0.3) is 5.91 Å². The van der Waals surface area contributed by atoms with E-state index in [-0.39, 0.29) is 24.3 Å². The molecule has 38 heavy (non-hydrogen) atoms. The lowest BCUT2D eigenvalue weighted by Crippen LogP contribution is -2.56. The number of halogens is 1. The smallest absolute Gasteiger partial charge is 0.253 e. The van der Waals surface area contributed by atoms with Crippen molar-refractivity contribution >= 4 is 35.0 Å². The standard InChI is InChI=1S/C29H28ClN3O5/c1-31-15-5-9-22-23(26(31)35)24-27(36)33(21(17-34)18-7-3-2-4-8-18)25-28(37)32(16-6-14-29(24,25)38-22)20-12-10-19(30)11-13-20/h2-14,21-25,34H,15-17H2,1H3/t21-,22-,23+,24+,25?,29+/m1/s1. The van der Waals surface area contributed by atoms with Gasteiger partial charge in [0.2, 0.25) is 11.8 Å². The van der Waals surface area contributed by atoms with E-state index in [2.05, 4.69) is 0 Å². The highest BCUT2D eigenvalue weighted by molar-refractivity contribution is 6.30. The van der Waals surface area contributed by atoms with Gasteiger partial charge in [-0.25, -0.2) is 0 Å². The number of nitrogens with zero attached hydrogens (tertiary/aromatic N) is 3. The Morgan fingerprint density at radius 3 is 2.45 bits per heavy atom. The predicted octanol–water partition coefficient (Wildman–Crippen LogP) is 2.59. The van der Waals surface area contributed by atoms with E-state index in [1.807, 2.05) is 48.6 Å². The van der Waals surface area contributed by atoms with E-state index in [0.717, 1.165) is 0 Å².